The number of amides is 3. The molecular formula is C15H20N4O5S. The number of carbonyl (C=O) groups is 2. The van der Waals surface area contributed by atoms with E-state index in [-0.39, 0.29) is 17.0 Å². The van der Waals surface area contributed by atoms with E-state index in [1.54, 1.807) is 11.9 Å². The van der Waals surface area contributed by atoms with Gasteiger partial charge in [0.1, 0.15) is 5.60 Å². The van der Waals surface area contributed by atoms with Crippen LogP contribution in [0, 0.1) is 0 Å². The lowest BCUT2D eigenvalue weighted by Gasteiger charge is -2.38. The highest BCUT2D eigenvalue weighted by Crippen LogP contribution is 2.31. The first-order valence-corrected chi connectivity index (χ1v) is 9.36. The Morgan fingerprint density at radius 3 is 2.52 bits per heavy atom. The van der Waals surface area contributed by atoms with Crippen LogP contribution in [0.4, 0.5) is 15.3 Å². The predicted molar refractivity (Wildman–Crippen MR) is 89.5 cm³/mol. The van der Waals surface area contributed by atoms with Crippen molar-refractivity contribution in [2.45, 2.75) is 23.3 Å². The molecule has 2 fully saturated rings. The third-order valence-corrected chi connectivity index (χ3v) is 5.33. The van der Waals surface area contributed by atoms with Gasteiger partial charge in [-0.25, -0.2) is 23.1 Å². The third kappa shape index (κ3) is 3.69. The van der Waals surface area contributed by atoms with Gasteiger partial charge in [0, 0.05) is 19.3 Å². The molecule has 9 nitrogen and oxygen atoms in total. The van der Waals surface area contributed by atoms with Crippen LogP contribution < -0.4 is 10.5 Å². The highest BCUT2D eigenvalue weighted by Gasteiger charge is 2.47. The topological polar surface area (TPSA) is 122 Å². The number of ether oxygens (including phenoxy) is 1. The number of nitrogens with zero attached hydrogens (tertiary/aromatic N) is 2. The highest BCUT2D eigenvalue weighted by atomic mass is 32.2. The molecule has 3 rings (SSSR count). The first kappa shape index (κ1) is 17.5. The average molecular weight is 368 g/mol. The number of carbonyl (C=O) groups excluding carboxylic acids is 2. The van der Waals surface area contributed by atoms with E-state index in [0.717, 1.165) is 12.8 Å². The van der Waals surface area contributed by atoms with Gasteiger partial charge in [-0.1, -0.05) is 0 Å². The van der Waals surface area contributed by atoms with Crippen molar-refractivity contribution in [2.75, 3.05) is 32.0 Å². The molecule has 1 spiro atoms. The number of piperidine rings is 1. The molecule has 0 saturated carbocycles. The van der Waals surface area contributed by atoms with Crippen LogP contribution in [0.15, 0.2) is 29.2 Å². The number of likely N-dealkylation sites (N-methyl/N-ethyl adjacent to an activating group) is 1. The summed E-state index contributed by atoms with van der Waals surface area (Å²) in [6.07, 6.45) is 1.08. The molecule has 3 N–H and O–H groups in total. The quantitative estimate of drug-likeness (QED) is 0.799. The van der Waals surface area contributed by atoms with Crippen molar-refractivity contribution >= 4 is 27.8 Å². The van der Waals surface area contributed by atoms with Gasteiger partial charge in [-0.3, -0.25) is 0 Å². The fourth-order valence-corrected chi connectivity index (χ4v) is 3.72. The number of rotatable bonds is 2. The molecule has 1 aromatic carbocycles. The van der Waals surface area contributed by atoms with Gasteiger partial charge in [-0.05, 0) is 37.1 Å². The van der Waals surface area contributed by atoms with Gasteiger partial charge < -0.3 is 19.9 Å². The lowest BCUT2D eigenvalue weighted by atomic mass is 9.93. The number of hydrogen-bond acceptors (Lipinski definition) is 5. The summed E-state index contributed by atoms with van der Waals surface area (Å²) in [5.74, 6) is 0. The van der Waals surface area contributed by atoms with E-state index in [0.29, 0.717) is 25.3 Å². The second kappa shape index (κ2) is 6.19. The van der Waals surface area contributed by atoms with E-state index in [1.807, 2.05) is 0 Å². The number of urea groups is 1. The third-order valence-electron chi connectivity index (χ3n) is 4.40. The Balaban J connectivity index is 1.66. The maximum absolute atomic E-state index is 12.5. The fourth-order valence-electron chi connectivity index (χ4n) is 3.21. The number of hydrogen-bond donors (Lipinski definition) is 2. The molecular weight excluding hydrogens is 348 g/mol. The zero-order valence-corrected chi connectivity index (χ0v) is 14.6. The van der Waals surface area contributed by atoms with Crippen molar-refractivity contribution in [1.82, 2.24) is 9.80 Å². The largest absolute Gasteiger partial charge is 0.439 e. The van der Waals surface area contributed by atoms with Crippen LogP contribution in [0.2, 0.25) is 0 Å². The van der Waals surface area contributed by atoms with Gasteiger partial charge in [0.15, 0.2) is 0 Å². The Morgan fingerprint density at radius 2 is 1.96 bits per heavy atom. The van der Waals surface area contributed by atoms with Crippen LogP contribution in [-0.2, 0) is 14.8 Å². The summed E-state index contributed by atoms with van der Waals surface area (Å²) in [7, 11) is -2.10. The Bertz CT molecular complexity index is 795. The smallest absolute Gasteiger partial charge is 0.410 e. The summed E-state index contributed by atoms with van der Waals surface area (Å²) in [6.45, 7) is 1.34. The molecule has 0 aromatic heterocycles. The summed E-state index contributed by atoms with van der Waals surface area (Å²) in [5, 5.41) is 7.76. The number of likely N-dealkylation sites (tertiary alicyclic amines) is 1. The number of nitrogens with one attached hydrogen (secondary N) is 1. The van der Waals surface area contributed by atoms with Gasteiger partial charge in [0.05, 0.1) is 18.0 Å². The second-order valence-corrected chi connectivity index (χ2v) is 7.99. The van der Waals surface area contributed by atoms with Crippen molar-refractivity contribution in [3.63, 3.8) is 0 Å². The molecule has 2 saturated heterocycles. The van der Waals surface area contributed by atoms with E-state index in [2.05, 4.69) is 5.32 Å². The molecule has 0 aliphatic carbocycles. The average Bonchev–Trinajstić information content (AvgIpc) is 2.80. The molecule has 3 amide bonds. The van der Waals surface area contributed by atoms with Crippen molar-refractivity contribution < 1.29 is 22.7 Å². The first-order chi connectivity index (χ1) is 11.7. The predicted octanol–water partition coefficient (Wildman–Crippen LogP) is 0.783. The molecule has 25 heavy (non-hydrogen) atoms. The van der Waals surface area contributed by atoms with Crippen LogP contribution in [0.25, 0.3) is 0 Å². The lowest BCUT2D eigenvalue weighted by molar-refractivity contribution is 0.00497. The van der Waals surface area contributed by atoms with Crippen LogP contribution in [0.3, 0.4) is 0 Å². The second-order valence-electron chi connectivity index (χ2n) is 6.43. The zero-order valence-electron chi connectivity index (χ0n) is 13.8. The zero-order chi connectivity index (χ0) is 18.2. The molecule has 0 bridgehead atoms. The van der Waals surface area contributed by atoms with Gasteiger partial charge >= 0.3 is 12.1 Å². The molecule has 10 heteroatoms. The summed E-state index contributed by atoms with van der Waals surface area (Å²) in [4.78, 5) is 27.2. The van der Waals surface area contributed by atoms with E-state index in [1.165, 1.54) is 29.2 Å². The Labute approximate surface area is 145 Å². The standard InChI is InChI=1S/C15H20N4O5S/c1-18-9-15(24-14(18)21)7-2-8-19(10-15)13(20)17-11-3-5-12(6-4-11)25(16,22)23/h3-6H,2,7-10H2,1H3,(H,17,20)(H2,16,22,23)/t15-/m1/s1. The molecule has 136 valence electrons. The van der Waals surface area contributed by atoms with Crippen molar-refractivity contribution in [3.8, 4) is 0 Å². The summed E-state index contributed by atoms with van der Waals surface area (Å²) < 4.78 is 28.0. The van der Waals surface area contributed by atoms with E-state index >= 15 is 0 Å². The Kier molecular flexibility index (Phi) is 4.33. The maximum Gasteiger partial charge on any atom is 0.410 e. The molecule has 0 unspecified atom stereocenters. The monoisotopic (exact) mass is 368 g/mol. The number of nitrogens with two attached hydrogens (primary N) is 1. The van der Waals surface area contributed by atoms with Crippen LogP contribution in [0.5, 0.6) is 0 Å². The minimum Gasteiger partial charge on any atom is -0.439 e. The fraction of sp³-hybridized carbons (Fsp3) is 0.467. The minimum atomic E-state index is -3.77. The van der Waals surface area contributed by atoms with Crippen molar-refractivity contribution in [1.29, 1.82) is 0 Å². The van der Waals surface area contributed by atoms with E-state index in [9.17, 15) is 18.0 Å². The van der Waals surface area contributed by atoms with E-state index < -0.39 is 15.6 Å². The number of primary sulfonamides is 1. The van der Waals surface area contributed by atoms with Crippen LogP contribution in [-0.4, -0.2) is 62.6 Å². The van der Waals surface area contributed by atoms with Crippen LogP contribution in [0.1, 0.15) is 12.8 Å². The van der Waals surface area contributed by atoms with Crippen LogP contribution >= 0.6 is 0 Å². The molecule has 2 aliphatic rings. The van der Waals surface area contributed by atoms with Gasteiger partial charge in [-0.15, -0.1) is 0 Å². The molecule has 2 heterocycles. The molecule has 0 radical (unpaired) electrons. The maximum atomic E-state index is 12.5. The Hall–Kier alpha value is -2.33. The summed E-state index contributed by atoms with van der Waals surface area (Å²) in [5.41, 5.74) is -0.198. The number of anilines is 1. The lowest BCUT2D eigenvalue weighted by Crippen LogP contribution is -2.53. The van der Waals surface area contributed by atoms with Gasteiger partial charge in [-0.2, -0.15) is 0 Å². The summed E-state index contributed by atoms with van der Waals surface area (Å²) >= 11 is 0. The SMILES string of the molecule is CN1C[C@@]2(CCCN(C(=O)Nc3ccc(S(N)(=O)=O)cc3)C2)OC1=O. The van der Waals surface area contributed by atoms with Gasteiger partial charge in [0.2, 0.25) is 10.0 Å². The molecule has 1 atom stereocenters. The summed E-state index contributed by atoms with van der Waals surface area (Å²) in [6, 6.07) is 5.28. The normalized spacial score (nSPS) is 23.7. The van der Waals surface area contributed by atoms with Gasteiger partial charge in [0.25, 0.3) is 0 Å². The number of benzene rings is 1. The molecule has 2 aliphatic heterocycles. The molecule has 1 aromatic rings. The first-order valence-electron chi connectivity index (χ1n) is 7.81. The van der Waals surface area contributed by atoms with E-state index in [4.69, 9.17) is 9.88 Å². The number of sulfonamides is 1. The Morgan fingerprint density at radius 1 is 1.28 bits per heavy atom. The minimum absolute atomic E-state index is 0.0247. The van der Waals surface area contributed by atoms with Crippen molar-refractivity contribution in [2.24, 2.45) is 5.14 Å². The highest BCUT2D eigenvalue weighted by molar-refractivity contribution is 7.89. The van der Waals surface area contributed by atoms with Crippen molar-refractivity contribution in [3.05, 3.63) is 24.3 Å².